The van der Waals surface area contributed by atoms with Crippen LogP contribution < -0.4 is 11.1 Å². The number of carboxylic acid groups (broad SMARTS) is 1. The first kappa shape index (κ1) is 25.2. The third-order valence-corrected chi connectivity index (χ3v) is 6.55. The van der Waals surface area contributed by atoms with E-state index < -0.39 is 12.0 Å². The molecule has 9 nitrogen and oxygen atoms in total. The Hall–Kier alpha value is -3.88. The fraction of sp³-hybridized carbons (Fsp3) is 0.407. The molecule has 5 N–H and O–H groups in total. The van der Waals surface area contributed by atoms with Crippen LogP contribution in [-0.4, -0.2) is 56.4 Å². The summed E-state index contributed by atoms with van der Waals surface area (Å²) in [5.74, 6) is -0.882. The number of pyridine rings is 1. The number of benzene rings is 1. The van der Waals surface area contributed by atoms with Gasteiger partial charge in [0.25, 0.3) is 0 Å². The van der Waals surface area contributed by atoms with Crippen molar-refractivity contribution in [3.63, 3.8) is 0 Å². The summed E-state index contributed by atoms with van der Waals surface area (Å²) < 4.78 is 0. The summed E-state index contributed by atoms with van der Waals surface area (Å²) in [6, 6.07) is 11.2. The Labute approximate surface area is 210 Å². The summed E-state index contributed by atoms with van der Waals surface area (Å²) in [6.45, 7) is -0.0467. The number of fused-ring (bicyclic) bond motifs is 1. The number of carbonyl (C=O) groups is 3. The molecule has 1 fully saturated rings. The lowest BCUT2D eigenvalue weighted by Gasteiger charge is -2.24. The number of anilines is 1. The van der Waals surface area contributed by atoms with Crippen molar-refractivity contribution in [3.8, 4) is 0 Å². The minimum Gasteiger partial charge on any atom is -0.481 e. The number of nitrogens with one attached hydrogen (secondary N) is 2. The number of nitrogens with two attached hydrogens (primary N) is 1. The van der Waals surface area contributed by atoms with Gasteiger partial charge in [0.05, 0.1) is 13.0 Å². The molecule has 0 spiro atoms. The van der Waals surface area contributed by atoms with E-state index in [1.54, 1.807) is 17.2 Å². The standard InChI is InChI=1S/C27H33N5O4/c28-24-14-18(12-13-29-24)4-3-7-26(34)32(21-10-11-21)17-25(33)31-20(15-27(35)36)9-8-19-16-30-23-6-2-1-5-22(19)23/h1-2,5-6,12-14,16,20-21,30H,3-4,7-11,15,17H2,(H2,28,29)(H,31,33)(H,35,36)/t20-/m1/s1. The number of aryl methyl sites for hydroxylation is 2. The summed E-state index contributed by atoms with van der Waals surface area (Å²) in [6.07, 6.45) is 8.01. The molecule has 1 aromatic carbocycles. The Balaban J connectivity index is 1.30. The summed E-state index contributed by atoms with van der Waals surface area (Å²) in [5.41, 5.74) is 8.85. The Kier molecular flexibility index (Phi) is 8.20. The van der Waals surface area contributed by atoms with E-state index in [-0.39, 0.29) is 30.8 Å². The molecule has 2 heterocycles. The molecule has 0 bridgehead atoms. The minimum atomic E-state index is -0.967. The number of carbonyl (C=O) groups excluding carboxylic acids is 2. The summed E-state index contributed by atoms with van der Waals surface area (Å²) in [7, 11) is 0. The summed E-state index contributed by atoms with van der Waals surface area (Å²) in [5, 5.41) is 13.3. The van der Waals surface area contributed by atoms with Gasteiger partial charge in [-0.2, -0.15) is 0 Å². The number of nitrogen functional groups attached to an aromatic ring is 1. The van der Waals surface area contributed by atoms with Crippen LogP contribution in [0, 0.1) is 0 Å². The van der Waals surface area contributed by atoms with E-state index in [0.29, 0.717) is 37.9 Å². The Morgan fingerprint density at radius 2 is 2.00 bits per heavy atom. The molecular weight excluding hydrogens is 458 g/mol. The quantitative estimate of drug-likeness (QED) is 0.290. The lowest BCUT2D eigenvalue weighted by atomic mass is 10.0. The maximum Gasteiger partial charge on any atom is 0.305 e. The average molecular weight is 492 g/mol. The first-order chi connectivity index (χ1) is 17.4. The number of aromatic amines is 1. The van der Waals surface area contributed by atoms with Crippen molar-refractivity contribution in [2.24, 2.45) is 0 Å². The number of amides is 2. The molecule has 1 aliphatic carbocycles. The minimum absolute atomic E-state index is 0.0467. The van der Waals surface area contributed by atoms with Crippen molar-refractivity contribution in [2.75, 3.05) is 12.3 Å². The first-order valence-corrected chi connectivity index (χ1v) is 12.4. The van der Waals surface area contributed by atoms with E-state index in [2.05, 4.69) is 15.3 Å². The third-order valence-electron chi connectivity index (χ3n) is 6.55. The molecule has 4 rings (SSSR count). The highest BCUT2D eigenvalue weighted by Gasteiger charge is 2.33. The number of nitrogens with zero attached hydrogens (tertiary/aromatic N) is 2. The molecule has 0 aliphatic heterocycles. The highest BCUT2D eigenvalue weighted by atomic mass is 16.4. The van der Waals surface area contributed by atoms with Gasteiger partial charge < -0.3 is 26.0 Å². The molecular formula is C27H33N5O4. The second kappa shape index (κ2) is 11.7. The lowest BCUT2D eigenvalue weighted by molar-refractivity contribution is -0.139. The maximum atomic E-state index is 12.9. The van der Waals surface area contributed by atoms with Gasteiger partial charge in [-0.15, -0.1) is 0 Å². The van der Waals surface area contributed by atoms with Crippen molar-refractivity contribution in [3.05, 3.63) is 59.9 Å². The van der Waals surface area contributed by atoms with Crippen LogP contribution in [0.25, 0.3) is 10.9 Å². The number of carboxylic acids is 1. The zero-order valence-electron chi connectivity index (χ0n) is 20.3. The molecule has 190 valence electrons. The van der Waals surface area contributed by atoms with Crippen LogP contribution in [0.1, 0.15) is 49.7 Å². The monoisotopic (exact) mass is 491 g/mol. The van der Waals surface area contributed by atoms with Crippen molar-refractivity contribution >= 4 is 34.5 Å². The normalized spacial score (nSPS) is 13.9. The van der Waals surface area contributed by atoms with Crippen molar-refractivity contribution in [2.45, 2.75) is 63.5 Å². The number of rotatable bonds is 13. The van der Waals surface area contributed by atoms with Crippen LogP contribution >= 0.6 is 0 Å². The number of hydrogen-bond donors (Lipinski definition) is 4. The van der Waals surface area contributed by atoms with Crippen LogP contribution in [0.5, 0.6) is 0 Å². The molecule has 1 atom stereocenters. The summed E-state index contributed by atoms with van der Waals surface area (Å²) >= 11 is 0. The fourth-order valence-electron chi connectivity index (χ4n) is 4.58. The van der Waals surface area contributed by atoms with Crippen LogP contribution in [0.15, 0.2) is 48.8 Å². The molecule has 1 aliphatic rings. The van der Waals surface area contributed by atoms with Gasteiger partial charge >= 0.3 is 5.97 Å². The molecule has 0 saturated heterocycles. The van der Waals surface area contributed by atoms with Gasteiger partial charge in [-0.3, -0.25) is 14.4 Å². The number of aromatic nitrogens is 2. The second-order valence-corrected chi connectivity index (χ2v) is 9.46. The van der Waals surface area contributed by atoms with Crippen molar-refractivity contribution in [1.29, 1.82) is 0 Å². The molecule has 0 radical (unpaired) electrons. The topological polar surface area (TPSA) is 141 Å². The number of aliphatic carboxylic acids is 1. The number of para-hydroxylation sites is 1. The van der Waals surface area contributed by atoms with E-state index in [9.17, 15) is 19.5 Å². The van der Waals surface area contributed by atoms with Gasteiger partial charge in [0.2, 0.25) is 11.8 Å². The number of H-pyrrole nitrogens is 1. The largest absolute Gasteiger partial charge is 0.481 e. The van der Waals surface area contributed by atoms with Gasteiger partial charge in [-0.1, -0.05) is 18.2 Å². The van der Waals surface area contributed by atoms with Gasteiger partial charge in [-0.05, 0) is 67.9 Å². The van der Waals surface area contributed by atoms with E-state index in [4.69, 9.17) is 5.73 Å². The average Bonchev–Trinajstić information content (AvgIpc) is 3.60. The second-order valence-electron chi connectivity index (χ2n) is 9.46. The van der Waals surface area contributed by atoms with Crippen LogP contribution in [0.2, 0.25) is 0 Å². The molecule has 3 aromatic rings. The molecule has 1 saturated carbocycles. The molecule has 9 heteroatoms. The number of hydrogen-bond acceptors (Lipinski definition) is 5. The van der Waals surface area contributed by atoms with Crippen molar-refractivity contribution in [1.82, 2.24) is 20.2 Å². The van der Waals surface area contributed by atoms with Gasteiger partial charge in [-0.25, -0.2) is 4.98 Å². The van der Waals surface area contributed by atoms with Gasteiger partial charge in [0.15, 0.2) is 0 Å². The molecule has 2 aromatic heterocycles. The predicted molar refractivity (Wildman–Crippen MR) is 137 cm³/mol. The Morgan fingerprint density at radius 1 is 1.19 bits per heavy atom. The van der Waals surface area contributed by atoms with Crippen LogP contribution in [-0.2, 0) is 27.2 Å². The highest BCUT2D eigenvalue weighted by Crippen LogP contribution is 2.27. The SMILES string of the molecule is Nc1cc(CCCC(=O)N(CC(=O)N[C@H](CCc2c[nH]c3ccccc23)CC(=O)O)C2CC2)ccn1. The molecule has 0 unspecified atom stereocenters. The zero-order chi connectivity index (χ0) is 25.5. The van der Waals surface area contributed by atoms with E-state index in [0.717, 1.165) is 34.9 Å². The lowest BCUT2D eigenvalue weighted by Crippen LogP contribution is -2.45. The molecule has 36 heavy (non-hydrogen) atoms. The predicted octanol–water partition coefficient (Wildman–Crippen LogP) is 3.05. The fourth-order valence-corrected chi connectivity index (χ4v) is 4.58. The van der Waals surface area contributed by atoms with E-state index >= 15 is 0 Å². The van der Waals surface area contributed by atoms with Gasteiger partial charge in [0, 0.05) is 41.8 Å². The van der Waals surface area contributed by atoms with Gasteiger partial charge in [0.1, 0.15) is 5.82 Å². The third kappa shape index (κ3) is 7.07. The van der Waals surface area contributed by atoms with E-state index in [1.165, 1.54) is 0 Å². The Morgan fingerprint density at radius 3 is 2.75 bits per heavy atom. The van der Waals surface area contributed by atoms with Crippen LogP contribution in [0.3, 0.4) is 0 Å². The van der Waals surface area contributed by atoms with Crippen LogP contribution in [0.4, 0.5) is 5.82 Å². The van der Waals surface area contributed by atoms with E-state index in [1.807, 2.05) is 36.5 Å². The maximum absolute atomic E-state index is 12.9. The zero-order valence-corrected chi connectivity index (χ0v) is 20.3. The first-order valence-electron chi connectivity index (χ1n) is 12.4. The van der Waals surface area contributed by atoms with Crippen molar-refractivity contribution < 1.29 is 19.5 Å². The smallest absolute Gasteiger partial charge is 0.305 e. The highest BCUT2D eigenvalue weighted by molar-refractivity contribution is 5.86. The summed E-state index contributed by atoms with van der Waals surface area (Å²) in [4.78, 5) is 46.0. The Bertz CT molecular complexity index is 1220. The molecule has 2 amide bonds.